The van der Waals surface area contributed by atoms with E-state index in [1.54, 1.807) is 0 Å². The number of benzene rings is 6. The summed E-state index contributed by atoms with van der Waals surface area (Å²) in [5.41, 5.74) is 20.0. The molecule has 0 saturated heterocycles. The van der Waals surface area contributed by atoms with E-state index >= 15 is 0 Å². The monoisotopic (exact) mass is 572 g/mol. The Morgan fingerprint density at radius 3 is 1.49 bits per heavy atom. The van der Waals surface area contributed by atoms with Gasteiger partial charge < -0.3 is 0 Å². The van der Waals surface area contributed by atoms with Gasteiger partial charge in [0.2, 0.25) is 0 Å². The third-order valence-corrected chi connectivity index (χ3v) is 10.1. The van der Waals surface area contributed by atoms with Gasteiger partial charge in [-0.15, -0.1) is 0 Å². The molecule has 0 aliphatic heterocycles. The molecule has 0 heterocycles. The van der Waals surface area contributed by atoms with Gasteiger partial charge in [0, 0.05) is 5.02 Å². The molecule has 6 aromatic rings. The van der Waals surface area contributed by atoms with Crippen molar-refractivity contribution in [1.29, 1.82) is 0 Å². The maximum Gasteiger partial charge on any atom is 0.0731 e. The first-order valence-corrected chi connectivity index (χ1v) is 15.8. The van der Waals surface area contributed by atoms with Crippen molar-refractivity contribution in [1.82, 2.24) is 0 Å². The van der Waals surface area contributed by atoms with Crippen molar-refractivity contribution in [2.75, 3.05) is 0 Å². The average molecular weight is 573 g/mol. The van der Waals surface area contributed by atoms with Crippen LogP contribution in [0.1, 0.15) is 52.8 Å². The maximum atomic E-state index is 6.46. The summed E-state index contributed by atoms with van der Waals surface area (Å²) in [6, 6.07) is 45.1. The standard InChI is InChI=1S/C42H33Cl/c1-4-30-31(5-2)39(28-20-18-26(3)19-21-28)41-40(38(30)27-22-24-29(43)25-23-27)34-14-8-11-17-37(34)42(41)35-15-9-6-12-32(35)33-13-7-10-16-36(33)42/h6-25H,4-5H2,1-3H3. The second kappa shape index (κ2) is 9.83. The van der Waals surface area contributed by atoms with Gasteiger partial charge in [-0.2, -0.15) is 0 Å². The van der Waals surface area contributed by atoms with E-state index in [9.17, 15) is 0 Å². The molecule has 0 aromatic heterocycles. The van der Waals surface area contributed by atoms with E-state index in [1.807, 2.05) is 12.1 Å². The van der Waals surface area contributed by atoms with Crippen LogP contribution in [0.15, 0.2) is 121 Å². The van der Waals surface area contributed by atoms with Crippen molar-refractivity contribution in [3.8, 4) is 44.5 Å². The largest absolute Gasteiger partial charge is 0.0843 e. The van der Waals surface area contributed by atoms with Crippen molar-refractivity contribution in [3.05, 3.63) is 165 Å². The van der Waals surface area contributed by atoms with Crippen LogP contribution in [0.2, 0.25) is 5.02 Å². The molecule has 1 spiro atoms. The molecule has 0 radical (unpaired) electrons. The molecule has 0 saturated carbocycles. The fourth-order valence-corrected chi connectivity index (χ4v) is 8.34. The summed E-state index contributed by atoms with van der Waals surface area (Å²) < 4.78 is 0. The van der Waals surface area contributed by atoms with Gasteiger partial charge in [0.25, 0.3) is 0 Å². The molecule has 0 bridgehead atoms. The Bertz CT molecular complexity index is 2000. The summed E-state index contributed by atoms with van der Waals surface area (Å²) in [5, 5.41) is 0.765. The minimum absolute atomic E-state index is 0.420. The van der Waals surface area contributed by atoms with Gasteiger partial charge in [-0.05, 0) is 110 Å². The summed E-state index contributed by atoms with van der Waals surface area (Å²) in [4.78, 5) is 0. The van der Waals surface area contributed by atoms with Crippen molar-refractivity contribution < 1.29 is 0 Å². The van der Waals surface area contributed by atoms with Crippen LogP contribution in [0, 0.1) is 6.92 Å². The van der Waals surface area contributed by atoms with E-state index in [4.69, 9.17) is 11.6 Å². The Morgan fingerprint density at radius 2 is 0.930 bits per heavy atom. The first-order chi connectivity index (χ1) is 21.1. The lowest BCUT2D eigenvalue weighted by Crippen LogP contribution is -2.27. The Labute approximate surface area is 259 Å². The third kappa shape index (κ3) is 3.51. The van der Waals surface area contributed by atoms with E-state index in [1.165, 1.54) is 83.5 Å². The quantitative estimate of drug-likeness (QED) is 0.197. The third-order valence-electron chi connectivity index (χ3n) is 9.83. The number of hydrogen-bond donors (Lipinski definition) is 0. The topological polar surface area (TPSA) is 0 Å². The van der Waals surface area contributed by atoms with E-state index < -0.39 is 5.41 Å². The first kappa shape index (κ1) is 26.3. The van der Waals surface area contributed by atoms with Crippen LogP contribution >= 0.6 is 11.6 Å². The van der Waals surface area contributed by atoms with Crippen LogP contribution in [0.4, 0.5) is 0 Å². The minimum Gasteiger partial charge on any atom is -0.0843 e. The molecule has 2 aliphatic carbocycles. The Kier molecular flexibility index (Phi) is 6.00. The number of hydrogen-bond acceptors (Lipinski definition) is 0. The van der Waals surface area contributed by atoms with Gasteiger partial charge in [0.05, 0.1) is 5.41 Å². The lowest BCUT2D eigenvalue weighted by atomic mass is 9.67. The lowest BCUT2D eigenvalue weighted by Gasteiger charge is -2.34. The number of fused-ring (bicyclic) bond motifs is 10. The van der Waals surface area contributed by atoms with E-state index in [2.05, 4.69) is 130 Å². The Hall–Kier alpha value is -4.39. The molecule has 0 N–H and O–H groups in total. The number of halogens is 1. The second-order valence-corrected chi connectivity index (χ2v) is 12.4. The van der Waals surface area contributed by atoms with Crippen LogP contribution < -0.4 is 0 Å². The molecular weight excluding hydrogens is 540 g/mol. The van der Waals surface area contributed by atoms with Crippen LogP contribution in [-0.4, -0.2) is 0 Å². The summed E-state index contributed by atoms with van der Waals surface area (Å²) in [5.74, 6) is 0. The SMILES string of the molecule is CCc1c(CC)c(-c2ccc(C)cc2)c2c(c1-c1ccc(Cl)cc1)-c1ccccc1C21c2ccccc2-c2ccccc21. The van der Waals surface area contributed by atoms with Gasteiger partial charge in [0.1, 0.15) is 0 Å². The normalized spacial score (nSPS) is 13.5. The molecule has 0 atom stereocenters. The summed E-state index contributed by atoms with van der Waals surface area (Å²) >= 11 is 6.46. The Balaban J connectivity index is 1.66. The lowest BCUT2D eigenvalue weighted by molar-refractivity contribution is 0.793. The van der Waals surface area contributed by atoms with Gasteiger partial charge >= 0.3 is 0 Å². The highest BCUT2D eigenvalue weighted by atomic mass is 35.5. The molecule has 2 aliphatic rings. The highest BCUT2D eigenvalue weighted by Crippen LogP contribution is 2.66. The molecule has 1 heteroatoms. The van der Waals surface area contributed by atoms with Gasteiger partial charge in [-0.1, -0.05) is 140 Å². The summed E-state index contributed by atoms with van der Waals surface area (Å²) in [6.45, 7) is 6.82. The molecular formula is C42H33Cl. The number of aryl methyl sites for hydroxylation is 1. The molecule has 0 amide bonds. The molecule has 0 unspecified atom stereocenters. The van der Waals surface area contributed by atoms with Crippen molar-refractivity contribution in [2.24, 2.45) is 0 Å². The van der Waals surface area contributed by atoms with Crippen molar-refractivity contribution in [2.45, 2.75) is 39.0 Å². The van der Waals surface area contributed by atoms with E-state index in [0.29, 0.717) is 0 Å². The predicted molar refractivity (Wildman–Crippen MR) is 182 cm³/mol. The van der Waals surface area contributed by atoms with Gasteiger partial charge in [-0.25, -0.2) is 0 Å². The van der Waals surface area contributed by atoms with Gasteiger partial charge in [-0.3, -0.25) is 0 Å². The van der Waals surface area contributed by atoms with E-state index in [0.717, 1.165) is 17.9 Å². The maximum absolute atomic E-state index is 6.46. The predicted octanol–water partition coefficient (Wildman–Crippen LogP) is 11.5. The van der Waals surface area contributed by atoms with Crippen molar-refractivity contribution in [3.63, 3.8) is 0 Å². The molecule has 43 heavy (non-hydrogen) atoms. The van der Waals surface area contributed by atoms with Gasteiger partial charge in [0.15, 0.2) is 0 Å². The first-order valence-electron chi connectivity index (χ1n) is 15.4. The summed E-state index contributed by atoms with van der Waals surface area (Å²) in [6.07, 6.45) is 1.91. The van der Waals surface area contributed by atoms with Crippen molar-refractivity contribution >= 4 is 11.6 Å². The second-order valence-electron chi connectivity index (χ2n) is 11.9. The zero-order chi connectivity index (χ0) is 29.3. The minimum atomic E-state index is -0.420. The number of rotatable bonds is 4. The molecule has 6 aromatic carbocycles. The van der Waals surface area contributed by atoms with E-state index in [-0.39, 0.29) is 0 Å². The highest BCUT2D eigenvalue weighted by molar-refractivity contribution is 6.30. The average Bonchev–Trinajstić information content (AvgIpc) is 3.52. The fraction of sp³-hybridized carbons (Fsp3) is 0.143. The fourth-order valence-electron chi connectivity index (χ4n) is 8.21. The zero-order valence-electron chi connectivity index (χ0n) is 24.8. The van der Waals surface area contributed by atoms with Crippen LogP contribution in [0.5, 0.6) is 0 Å². The molecule has 208 valence electrons. The van der Waals surface area contributed by atoms with Crippen LogP contribution in [-0.2, 0) is 18.3 Å². The smallest absolute Gasteiger partial charge is 0.0731 e. The molecule has 0 nitrogen and oxygen atoms in total. The summed E-state index contributed by atoms with van der Waals surface area (Å²) in [7, 11) is 0. The van der Waals surface area contributed by atoms with Crippen LogP contribution in [0.25, 0.3) is 44.5 Å². The molecule has 0 fully saturated rings. The van der Waals surface area contributed by atoms with Crippen LogP contribution in [0.3, 0.4) is 0 Å². The molecule has 8 rings (SSSR count). The zero-order valence-corrected chi connectivity index (χ0v) is 25.6. The Morgan fingerprint density at radius 1 is 0.488 bits per heavy atom. The highest BCUT2D eigenvalue weighted by Gasteiger charge is 2.54.